The second kappa shape index (κ2) is 10.1. The van der Waals surface area contributed by atoms with Gasteiger partial charge in [0.2, 0.25) is 0 Å². The summed E-state index contributed by atoms with van der Waals surface area (Å²) in [6.45, 7) is 6.01. The van der Waals surface area contributed by atoms with Crippen LogP contribution in [0.1, 0.15) is 57.2 Å². The molecule has 0 saturated heterocycles. The van der Waals surface area contributed by atoms with E-state index in [1.54, 1.807) is 4.68 Å². The van der Waals surface area contributed by atoms with Crippen molar-refractivity contribution < 1.29 is 14.3 Å². The lowest BCUT2D eigenvalue weighted by Gasteiger charge is -2.19. The van der Waals surface area contributed by atoms with Gasteiger partial charge in [-0.3, -0.25) is 9.80 Å². The van der Waals surface area contributed by atoms with E-state index < -0.39 is 0 Å². The molecule has 2 aromatic carbocycles. The molecule has 3 aromatic rings. The maximum Gasteiger partial charge on any atom is 0.335 e. The quantitative estimate of drug-likeness (QED) is 0.203. The highest BCUT2D eigenvalue weighted by Gasteiger charge is 2.27. The molecule has 2 amide bonds. The Morgan fingerprint density at radius 2 is 2.00 bits per heavy atom. The number of carbonyl (C=O) groups is 2. The summed E-state index contributed by atoms with van der Waals surface area (Å²) < 4.78 is 7.99. The van der Waals surface area contributed by atoms with Crippen molar-refractivity contribution in [1.29, 1.82) is 0 Å². The van der Waals surface area contributed by atoms with Gasteiger partial charge < -0.3 is 16.2 Å². The number of carbonyl (C=O) groups excluding carboxylic acids is 2. The van der Waals surface area contributed by atoms with Crippen molar-refractivity contribution in [1.82, 2.24) is 20.9 Å². The zero-order chi connectivity index (χ0) is 23.7. The van der Waals surface area contributed by atoms with Crippen molar-refractivity contribution in [3.63, 3.8) is 0 Å². The number of rotatable bonds is 7. The monoisotopic (exact) mass is 464 g/mol. The second-order valence-electron chi connectivity index (χ2n) is 8.54. The number of nitrogens with zero attached hydrogens (tertiary/aromatic N) is 3. The lowest BCUT2D eigenvalue weighted by molar-refractivity contribution is 0.112. The summed E-state index contributed by atoms with van der Waals surface area (Å²) in [7, 11) is 1.50. The van der Waals surface area contributed by atoms with Crippen LogP contribution in [0.15, 0.2) is 36.4 Å². The molecular weight excluding hydrogens is 432 g/mol. The maximum absolute atomic E-state index is 12.2. The van der Waals surface area contributed by atoms with Crippen LogP contribution < -0.4 is 22.0 Å². The number of amides is 2. The Morgan fingerprint density at radius 1 is 1.26 bits per heavy atom. The molecule has 6 N–H and O–H groups in total. The average Bonchev–Trinajstić information content (AvgIpc) is 3.58. The average molecular weight is 465 g/mol. The Balaban J connectivity index is 0.00000324. The minimum Gasteiger partial charge on any atom is -0.489 e. The van der Waals surface area contributed by atoms with Crippen LogP contribution in [0, 0.1) is 20.8 Å². The summed E-state index contributed by atoms with van der Waals surface area (Å²) in [5.74, 6) is 6.83. The first-order valence-electron chi connectivity index (χ1n) is 11.0. The predicted octanol–water partition coefficient (Wildman–Crippen LogP) is 4.57. The van der Waals surface area contributed by atoms with E-state index in [9.17, 15) is 9.59 Å². The van der Waals surface area contributed by atoms with E-state index in [0.717, 1.165) is 52.4 Å². The molecule has 9 nitrogen and oxygen atoms in total. The molecule has 0 unspecified atom stereocenters. The van der Waals surface area contributed by atoms with Crippen LogP contribution in [0.3, 0.4) is 0 Å². The number of aromatic nitrogens is 2. The first-order valence-corrected chi connectivity index (χ1v) is 11.0. The Kier molecular flexibility index (Phi) is 7.38. The van der Waals surface area contributed by atoms with Crippen LogP contribution in [-0.4, -0.2) is 34.2 Å². The maximum atomic E-state index is 12.2. The number of hydrazine groups is 1. The van der Waals surface area contributed by atoms with E-state index in [4.69, 9.17) is 10.6 Å². The van der Waals surface area contributed by atoms with Crippen LogP contribution in [-0.2, 0) is 6.61 Å². The van der Waals surface area contributed by atoms with E-state index in [0.29, 0.717) is 29.5 Å². The Bertz CT molecular complexity index is 1210. The number of nitrogens with one attached hydrogen (secondary N) is 1. The van der Waals surface area contributed by atoms with E-state index >= 15 is 0 Å². The molecule has 0 spiro atoms. The number of hydrogen-bond donors (Lipinski definition) is 3. The molecule has 1 saturated carbocycles. The van der Waals surface area contributed by atoms with Gasteiger partial charge in [0, 0.05) is 18.3 Å². The van der Waals surface area contributed by atoms with Crippen molar-refractivity contribution in [2.75, 3.05) is 12.4 Å². The standard InChI is InChI=1S/C25H29N5O3.H3N/c1-15-12-19(30-17(3)21(13-31)16(2)28-30)10-11-24(15)33-14-22-20(18-8-9-18)6-5-7-23(22)27-25(32)29(4)26;/h5-7,10-13,18H,8-9,14,26H2,1-4H3,(H,27,32);1H3. The third-order valence-corrected chi connectivity index (χ3v) is 6.03. The highest BCUT2D eigenvalue weighted by molar-refractivity contribution is 5.89. The number of aryl methyl sites for hydroxylation is 2. The fraction of sp³-hybridized carbons (Fsp3) is 0.320. The van der Waals surface area contributed by atoms with Gasteiger partial charge in [-0.2, -0.15) is 5.10 Å². The van der Waals surface area contributed by atoms with Gasteiger partial charge in [0.05, 0.1) is 22.6 Å². The number of ether oxygens (including phenoxy) is 1. The molecule has 4 rings (SSSR count). The molecule has 1 aliphatic rings. The molecular formula is C25H32N6O3. The number of anilines is 1. The van der Waals surface area contributed by atoms with Crippen LogP contribution in [0.4, 0.5) is 10.5 Å². The van der Waals surface area contributed by atoms with E-state index in [1.165, 1.54) is 12.6 Å². The van der Waals surface area contributed by atoms with Gasteiger partial charge in [-0.1, -0.05) is 12.1 Å². The molecule has 1 heterocycles. The first kappa shape index (κ1) is 24.9. The molecule has 1 aliphatic carbocycles. The highest BCUT2D eigenvalue weighted by atomic mass is 16.5. The number of hydrogen-bond acceptors (Lipinski definition) is 6. The predicted molar refractivity (Wildman–Crippen MR) is 132 cm³/mol. The minimum atomic E-state index is -0.385. The minimum absolute atomic E-state index is 0. The first-order chi connectivity index (χ1) is 15.8. The zero-order valence-corrected chi connectivity index (χ0v) is 20.1. The fourth-order valence-corrected chi connectivity index (χ4v) is 4.02. The van der Waals surface area contributed by atoms with E-state index in [1.807, 2.05) is 51.1 Å². The van der Waals surface area contributed by atoms with Gasteiger partial charge in [-0.05, 0) is 74.9 Å². The topological polar surface area (TPSA) is 137 Å². The SMILES string of the molecule is Cc1cc(-n2nc(C)c(C=O)c2C)ccc1OCc1c(NC(=O)N(C)N)cccc1C1CC1.N. The third-order valence-electron chi connectivity index (χ3n) is 6.03. The molecule has 0 radical (unpaired) electrons. The molecule has 0 atom stereocenters. The number of nitrogens with two attached hydrogens (primary N) is 1. The Labute approximate surface area is 199 Å². The van der Waals surface area contributed by atoms with Crippen LogP contribution in [0.25, 0.3) is 5.69 Å². The van der Waals surface area contributed by atoms with Crippen molar-refractivity contribution >= 4 is 18.0 Å². The largest absolute Gasteiger partial charge is 0.489 e. The summed E-state index contributed by atoms with van der Waals surface area (Å²) in [5, 5.41) is 8.39. The number of benzene rings is 2. The smallest absolute Gasteiger partial charge is 0.335 e. The van der Waals surface area contributed by atoms with Crippen molar-refractivity contribution in [2.24, 2.45) is 5.84 Å². The summed E-state index contributed by atoms with van der Waals surface area (Å²) in [4.78, 5) is 23.5. The summed E-state index contributed by atoms with van der Waals surface area (Å²) in [6.07, 6.45) is 3.12. The summed E-state index contributed by atoms with van der Waals surface area (Å²) >= 11 is 0. The fourth-order valence-electron chi connectivity index (χ4n) is 4.02. The van der Waals surface area contributed by atoms with Crippen LogP contribution in [0.5, 0.6) is 5.75 Å². The molecule has 34 heavy (non-hydrogen) atoms. The molecule has 1 aromatic heterocycles. The van der Waals surface area contributed by atoms with Gasteiger partial charge in [0.25, 0.3) is 0 Å². The Morgan fingerprint density at radius 3 is 2.59 bits per heavy atom. The number of urea groups is 1. The second-order valence-corrected chi connectivity index (χ2v) is 8.54. The zero-order valence-electron chi connectivity index (χ0n) is 20.1. The van der Waals surface area contributed by atoms with Crippen LogP contribution >= 0.6 is 0 Å². The van der Waals surface area contributed by atoms with Gasteiger partial charge in [0.15, 0.2) is 6.29 Å². The highest BCUT2D eigenvalue weighted by Crippen LogP contribution is 2.43. The number of aldehydes is 1. The van der Waals surface area contributed by atoms with Crippen molar-refractivity contribution in [2.45, 2.75) is 46.1 Å². The van der Waals surface area contributed by atoms with Crippen molar-refractivity contribution in [3.05, 3.63) is 70.0 Å². The molecule has 9 heteroatoms. The molecule has 1 fully saturated rings. The normalized spacial score (nSPS) is 12.6. The summed E-state index contributed by atoms with van der Waals surface area (Å²) in [6, 6.07) is 11.4. The van der Waals surface area contributed by atoms with Gasteiger partial charge in [-0.15, -0.1) is 0 Å². The van der Waals surface area contributed by atoms with Crippen LogP contribution in [0.2, 0.25) is 0 Å². The van der Waals surface area contributed by atoms with Crippen molar-refractivity contribution in [3.8, 4) is 11.4 Å². The van der Waals surface area contributed by atoms with Gasteiger partial charge in [0.1, 0.15) is 12.4 Å². The van der Waals surface area contributed by atoms with E-state index in [2.05, 4.69) is 16.5 Å². The Hall–Kier alpha value is -3.69. The van der Waals surface area contributed by atoms with Gasteiger partial charge >= 0.3 is 6.03 Å². The lowest BCUT2D eigenvalue weighted by atomic mass is 10.0. The third kappa shape index (κ3) is 4.95. The molecule has 180 valence electrons. The van der Waals surface area contributed by atoms with E-state index in [-0.39, 0.29) is 12.2 Å². The molecule has 0 aliphatic heterocycles. The lowest BCUT2D eigenvalue weighted by Crippen LogP contribution is -2.37. The molecule has 0 bridgehead atoms. The summed E-state index contributed by atoms with van der Waals surface area (Å²) in [5.41, 5.74) is 6.81. The van der Waals surface area contributed by atoms with Gasteiger partial charge in [-0.25, -0.2) is 15.3 Å².